The third kappa shape index (κ3) is 3.50. The number of piperidine rings is 1. The van der Waals surface area contributed by atoms with Crippen LogP contribution in [0.15, 0.2) is 6.07 Å². The number of hydrogen-bond donors (Lipinski definition) is 1. The summed E-state index contributed by atoms with van der Waals surface area (Å²) in [5.74, 6) is 1.33. The second-order valence-electron chi connectivity index (χ2n) is 7.16. The predicted octanol–water partition coefficient (Wildman–Crippen LogP) is 2.34. The van der Waals surface area contributed by atoms with Crippen molar-refractivity contribution in [3.8, 4) is 0 Å². The van der Waals surface area contributed by atoms with Gasteiger partial charge in [0.15, 0.2) is 5.79 Å². The minimum absolute atomic E-state index is 0.0530. The summed E-state index contributed by atoms with van der Waals surface area (Å²) in [6.07, 6.45) is 1.77. The molecule has 0 aromatic carbocycles. The van der Waals surface area contributed by atoms with Crippen LogP contribution in [-0.2, 0) is 9.47 Å². The summed E-state index contributed by atoms with van der Waals surface area (Å²) in [5, 5.41) is 3.35. The smallest absolute Gasteiger partial charge is 0.225 e. The molecule has 0 amide bonds. The Hall–Kier alpha value is -1.40. The van der Waals surface area contributed by atoms with Crippen LogP contribution in [0.4, 0.5) is 11.8 Å². The topological polar surface area (TPSA) is 59.5 Å². The van der Waals surface area contributed by atoms with Gasteiger partial charge in [0.2, 0.25) is 5.95 Å². The molecule has 0 unspecified atom stereocenters. The molecule has 22 heavy (non-hydrogen) atoms. The number of anilines is 2. The van der Waals surface area contributed by atoms with Crippen LogP contribution in [0.3, 0.4) is 0 Å². The number of aromatic nitrogens is 2. The summed E-state index contributed by atoms with van der Waals surface area (Å²) in [4.78, 5) is 11.5. The van der Waals surface area contributed by atoms with Crippen LogP contribution < -0.4 is 10.2 Å². The maximum atomic E-state index is 5.78. The first kappa shape index (κ1) is 15.5. The molecule has 122 valence electrons. The summed E-state index contributed by atoms with van der Waals surface area (Å²) < 4.78 is 11.6. The van der Waals surface area contributed by atoms with E-state index in [2.05, 4.69) is 41.0 Å². The molecular weight excluding hydrogens is 280 g/mol. The molecule has 2 saturated heterocycles. The lowest BCUT2D eigenvalue weighted by Gasteiger charge is -2.38. The van der Waals surface area contributed by atoms with Crippen molar-refractivity contribution in [3.05, 3.63) is 11.8 Å². The standard InChI is InChI=1S/C16H26N4O2/c1-12-11-13(18-14(17-12)19-15(2,3)4)20-7-5-16(6-8-20)21-9-10-22-16/h11H,5-10H2,1-4H3,(H,17,18,19). The van der Waals surface area contributed by atoms with Gasteiger partial charge in [0.25, 0.3) is 0 Å². The highest BCUT2D eigenvalue weighted by Crippen LogP contribution is 2.33. The molecule has 0 radical (unpaired) electrons. The van der Waals surface area contributed by atoms with Crippen LogP contribution in [-0.4, -0.2) is 47.6 Å². The SMILES string of the molecule is Cc1cc(N2CCC3(CC2)OCCO3)nc(NC(C)(C)C)n1. The molecule has 2 aliphatic rings. The second kappa shape index (κ2) is 5.66. The van der Waals surface area contributed by atoms with E-state index in [0.29, 0.717) is 19.2 Å². The van der Waals surface area contributed by atoms with E-state index in [1.165, 1.54) is 0 Å². The average molecular weight is 306 g/mol. The fourth-order valence-corrected chi connectivity index (χ4v) is 2.97. The first-order valence-corrected chi connectivity index (χ1v) is 8.02. The van der Waals surface area contributed by atoms with Crippen LogP contribution in [0.2, 0.25) is 0 Å². The van der Waals surface area contributed by atoms with Crippen molar-refractivity contribution in [2.24, 2.45) is 0 Å². The monoisotopic (exact) mass is 306 g/mol. The zero-order chi connectivity index (χ0) is 15.8. The van der Waals surface area contributed by atoms with Crippen LogP contribution >= 0.6 is 0 Å². The number of nitrogens with one attached hydrogen (secondary N) is 1. The average Bonchev–Trinajstić information content (AvgIpc) is 2.85. The third-order valence-corrected chi connectivity index (χ3v) is 3.99. The number of hydrogen-bond acceptors (Lipinski definition) is 6. The summed E-state index contributed by atoms with van der Waals surface area (Å²) >= 11 is 0. The summed E-state index contributed by atoms with van der Waals surface area (Å²) in [5.41, 5.74) is 0.924. The van der Waals surface area contributed by atoms with Gasteiger partial charge < -0.3 is 19.7 Å². The molecule has 6 nitrogen and oxygen atoms in total. The van der Waals surface area contributed by atoms with E-state index in [1.807, 2.05) is 13.0 Å². The first-order valence-electron chi connectivity index (χ1n) is 8.02. The van der Waals surface area contributed by atoms with E-state index in [9.17, 15) is 0 Å². The lowest BCUT2D eigenvalue weighted by Crippen LogP contribution is -2.45. The van der Waals surface area contributed by atoms with Crippen LogP contribution in [0.25, 0.3) is 0 Å². The minimum Gasteiger partial charge on any atom is -0.356 e. The van der Waals surface area contributed by atoms with E-state index >= 15 is 0 Å². The number of rotatable bonds is 2. The van der Waals surface area contributed by atoms with Crippen molar-refractivity contribution < 1.29 is 9.47 Å². The summed E-state index contributed by atoms with van der Waals surface area (Å²) in [7, 11) is 0. The van der Waals surface area contributed by atoms with Gasteiger partial charge in [-0.15, -0.1) is 0 Å². The Morgan fingerprint density at radius 3 is 2.36 bits per heavy atom. The lowest BCUT2D eigenvalue weighted by molar-refractivity contribution is -0.169. The second-order valence-corrected chi connectivity index (χ2v) is 7.16. The van der Waals surface area contributed by atoms with Gasteiger partial charge in [-0.3, -0.25) is 0 Å². The van der Waals surface area contributed by atoms with Gasteiger partial charge in [0, 0.05) is 43.2 Å². The zero-order valence-electron chi connectivity index (χ0n) is 14.0. The largest absolute Gasteiger partial charge is 0.356 e. The van der Waals surface area contributed by atoms with E-state index in [0.717, 1.165) is 37.4 Å². The van der Waals surface area contributed by atoms with Crippen molar-refractivity contribution in [1.82, 2.24) is 9.97 Å². The summed E-state index contributed by atoms with van der Waals surface area (Å²) in [6, 6.07) is 2.04. The lowest BCUT2D eigenvalue weighted by atomic mass is 10.0. The fraction of sp³-hybridized carbons (Fsp3) is 0.750. The van der Waals surface area contributed by atoms with Gasteiger partial charge in [0.1, 0.15) is 5.82 Å². The molecule has 3 heterocycles. The molecule has 3 rings (SSSR count). The van der Waals surface area contributed by atoms with E-state index in [-0.39, 0.29) is 11.3 Å². The first-order chi connectivity index (χ1) is 10.4. The Bertz CT molecular complexity index is 525. The molecule has 6 heteroatoms. The fourth-order valence-electron chi connectivity index (χ4n) is 2.97. The van der Waals surface area contributed by atoms with Crippen LogP contribution in [0, 0.1) is 6.92 Å². The molecule has 1 N–H and O–H groups in total. The van der Waals surface area contributed by atoms with Gasteiger partial charge in [0.05, 0.1) is 13.2 Å². The molecule has 2 fully saturated rings. The molecule has 0 saturated carbocycles. The Balaban J connectivity index is 1.72. The van der Waals surface area contributed by atoms with Crippen LogP contribution in [0.1, 0.15) is 39.3 Å². The quantitative estimate of drug-likeness (QED) is 0.905. The number of nitrogens with zero attached hydrogens (tertiary/aromatic N) is 3. The molecule has 0 atom stereocenters. The van der Waals surface area contributed by atoms with Gasteiger partial charge in [-0.2, -0.15) is 4.98 Å². The highest BCUT2D eigenvalue weighted by molar-refractivity contribution is 5.46. The van der Waals surface area contributed by atoms with Crippen molar-refractivity contribution in [3.63, 3.8) is 0 Å². The molecule has 2 aliphatic heterocycles. The maximum Gasteiger partial charge on any atom is 0.225 e. The Morgan fingerprint density at radius 1 is 1.14 bits per heavy atom. The molecule has 1 spiro atoms. The van der Waals surface area contributed by atoms with Gasteiger partial charge >= 0.3 is 0 Å². The maximum absolute atomic E-state index is 5.78. The Kier molecular flexibility index (Phi) is 3.99. The highest BCUT2D eigenvalue weighted by Gasteiger charge is 2.40. The number of aryl methyl sites for hydroxylation is 1. The highest BCUT2D eigenvalue weighted by atomic mass is 16.7. The molecule has 1 aromatic rings. The minimum atomic E-state index is -0.342. The zero-order valence-corrected chi connectivity index (χ0v) is 14.0. The van der Waals surface area contributed by atoms with Crippen molar-refractivity contribution in [2.75, 3.05) is 36.5 Å². The van der Waals surface area contributed by atoms with Gasteiger partial charge in [-0.25, -0.2) is 4.98 Å². The molecule has 0 bridgehead atoms. The predicted molar refractivity (Wildman–Crippen MR) is 86.2 cm³/mol. The van der Waals surface area contributed by atoms with E-state index < -0.39 is 0 Å². The van der Waals surface area contributed by atoms with Crippen molar-refractivity contribution in [1.29, 1.82) is 0 Å². The normalized spacial score (nSPS) is 21.4. The summed E-state index contributed by atoms with van der Waals surface area (Å²) in [6.45, 7) is 11.6. The molecule has 0 aliphatic carbocycles. The molecule has 1 aromatic heterocycles. The third-order valence-electron chi connectivity index (χ3n) is 3.99. The van der Waals surface area contributed by atoms with Crippen LogP contribution in [0.5, 0.6) is 0 Å². The van der Waals surface area contributed by atoms with Crippen molar-refractivity contribution >= 4 is 11.8 Å². The van der Waals surface area contributed by atoms with E-state index in [1.54, 1.807) is 0 Å². The number of ether oxygens (including phenoxy) is 2. The van der Waals surface area contributed by atoms with Gasteiger partial charge in [-0.1, -0.05) is 0 Å². The van der Waals surface area contributed by atoms with E-state index in [4.69, 9.17) is 9.47 Å². The molecular formula is C16H26N4O2. The van der Waals surface area contributed by atoms with Gasteiger partial charge in [-0.05, 0) is 27.7 Å². The Labute approximate surface area is 132 Å². The van der Waals surface area contributed by atoms with Crippen molar-refractivity contribution in [2.45, 2.75) is 51.9 Å². The Morgan fingerprint density at radius 2 is 1.77 bits per heavy atom.